The molecule has 0 atom stereocenters. The van der Waals surface area contributed by atoms with Crippen molar-refractivity contribution in [3.63, 3.8) is 0 Å². The number of aromatic hydroxyl groups is 1. The van der Waals surface area contributed by atoms with Crippen molar-refractivity contribution in [2.24, 2.45) is 0 Å². The van der Waals surface area contributed by atoms with Crippen molar-refractivity contribution in [1.29, 1.82) is 0 Å². The van der Waals surface area contributed by atoms with Crippen LogP contribution in [-0.4, -0.2) is 30.5 Å². The van der Waals surface area contributed by atoms with E-state index in [-0.39, 0.29) is 29.3 Å². The Morgan fingerprint density at radius 3 is 2.62 bits per heavy atom. The summed E-state index contributed by atoms with van der Waals surface area (Å²) in [5.41, 5.74) is 0.381. The normalized spacial score (nSPS) is 11.4. The molecular formula is C21H18N4O6S. The van der Waals surface area contributed by atoms with E-state index in [9.17, 15) is 18.3 Å². The van der Waals surface area contributed by atoms with Gasteiger partial charge in [-0.05, 0) is 35.9 Å². The number of benzene rings is 2. The Balaban J connectivity index is 1.64. The molecule has 11 heteroatoms. The first kappa shape index (κ1) is 21.3. The van der Waals surface area contributed by atoms with Crippen LogP contribution >= 0.6 is 0 Å². The molecule has 0 fully saturated rings. The molecule has 0 spiro atoms. The Labute approximate surface area is 182 Å². The van der Waals surface area contributed by atoms with Gasteiger partial charge in [0.15, 0.2) is 0 Å². The van der Waals surface area contributed by atoms with Gasteiger partial charge in [-0.25, -0.2) is 19.5 Å². The molecule has 164 valence electrons. The lowest BCUT2D eigenvalue weighted by Crippen LogP contribution is -2.26. The zero-order valence-electron chi connectivity index (χ0n) is 16.8. The van der Waals surface area contributed by atoms with E-state index in [2.05, 4.69) is 19.4 Å². The van der Waals surface area contributed by atoms with Crippen LogP contribution in [0, 0.1) is 0 Å². The summed E-state index contributed by atoms with van der Waals surface area (Å²) >= 11 is 0. The van der Waals surface area contributed by atoms with Gasteiger partial charge in [-0.2, -0.15) is 8.42 Å². The molecule has 0 aliphatic carbocycles. The van der Waals surface area contributed by atoms with Gasteiger partial charge in [0.2, 0.25) is 0 Å². The third-order valence-electron chi connectivity index (χ3n) is 4.52. The van der Waals surface area contributed by atoms with Crippen molar-refractivity contribution in [2.75, 3.05) is 11.8 Å². The number of nitrogens with one attached hydrogen (secondary N) is 2. The predicted octanol–water partition coefficient (Wildman–Crippen LogP) is 2.55. The highest BCUT2D eigenvalue weighted by atomic mass is 32.2. The molecule has 4 aromatic rings. The average Bonchev–Trinajstić information content (AvgIpc) is 2.77. The summed E-state index contributed by atoms with van der Waals surface area (Å²) in [6.45, 7) is 0. The van der Waals surface area contributed by atoms with Crippen molar-refractivity contribution < 1.29 is 22.7 Å². The van der Waals surface area contributed by atoms with Crippen molar-refractivity contribution in [3.8, 4) is 17.5 Å². The van der Waals surface area contributed by atoms with Gasteiger partial charge < -0.3 is 14.3 Å². The number of fused-ring (bicyclic) bond motifs is 1. The largest absolute Gasteiger partial charge is 0.507 e. The lowest BCUT2D eigenvalue weighted by molar-refractivity contribution is 0.438. The molecule has 0 saturated carbocycles. The molecule has 2 aromatic heterocycles. The van der Waals surface area contributed by atoms with E-state index in [0.717, 1.165) is 0 Å². The zero-order valence-corrected chi connectivity index (χ0v) is 17.6. The van der Waals surface area contributed by atoms with Gasteiger partial charge in [0.1, 0.15) is 17.1 Å². The molecule has 0 bridgehead atoms. The van der Waals surface area contributed by atoms with Crippen LogP contribution in [-0.2, 0) is 16.6 Å². The van der Waals surface area contributed by atoms with Gasteiger partial charge in [0.25, 0.3) is 10.2 Å². The number of anilines is 1. The lowest BCUT2D eigenvalue weighted by atomic mass is 10.0. The minimum absolute atomic E-state index is 0.0370. The average molecular weight is 454 g/mol. The second-order valence-corrected chi connectivity index (χ2v) is 8.31. The maximum Gasteiger partial charge on any atom is 0.343 e. The SMILES string of the molecule is CNS(=O)(=O)Nc1cccc(Cc2c(O)c3ccc(Oc4ncccn4)cc3oc2=O)c1. The van der Waals surface area contributed by atoms with E-state index in [1.54, 1.807) is 42.5 Å². The molecule has 0 amide bonds. The second-order valence-electron chi connectivity index (χ2n) is 6.69. The highest BCUT2D eigenvalue weighted by Gasteiger charge is 2.16. The summed E-state index contributed by atoms with van der Waals surface area (Å²) in [6, 6.07) is 12.9. The maximum absolute atomic E-state index is 12.6. The van der Waals surface area contributed by atoms with Crippen LogP contribution < -0.4 is 19.8 Å². The number of hydrogen-bond acceptors (Lipinski definition) is 8. The summed E-state index contributed by atoms with van der Waals surface area (Å²) in [4.78, 5) is 20.5. The molecule has 4 rings (SSSR count). The smallest absolute Gasteiger partial charge is 0.343 e. The van der Waals surface area contributed by atoms with Crippen molar-refractivity contribution in [2.45, 2.75) is 6.42 Å². The highest BCUT2D eigenvalue weighted by molar-refractivity contribution is 7.90. The minimum Gasteiger partial charge on any atom is -0.507 e. The topological polar surface area (TPSA) is 144 Å². The molecule has 3 N–H and O–H groups in total. The summed E-state index contributed by atoms with van der Waals surface area (Å²) in [5.74, 6) is 0.114. The molecule has 10 nitrogen and oxygen atoms in total. The Bertz CT molecular complexity index is 1440. The number of ether oxygens (including phenoxy) is 1. The lowest BCUT2D eigenvalue weighted by Gasteiger charge is -2.10. The number of nitrogens with zero attached hydrogens (tertiary/aromatic N) is 2. The van der Waals surface area contributed by atoms with E-state index >= 15 is 0 Å². The van der Waals surface area contributed by atoms with Gasteiger partial charge in [-0.1, -0.05) is 12.1 Å². The van der Waals surface area contributed by atoms with Crippen LogP contribution in [0.2, 0.25) is 0 Å². The zero-order chi connectivity index (χ0) is 22.7. The molecule has 0 aliphatic heterocycles. The highest BCUT2D eigenvalue weighted by Crippen LogP contribution is 2.31. The number of aromatic nitrogens is 2. The summed E-state index contributed by atoms with van der Waals surface area (Å²) in [7, 11) is -2.40. The third-order valence-corrected chi connectivity index (χ3v) is 5.57. The summed E-state index contributed by atoms with van der Waals surface area (Å²) in [6.07, 6.45) is 3.09. The Kier molecular flexibility index (Phi) is 5.75. The number of hydrogen-bond donors (Lipinski definition) is 3. The fraction of sp³-hybridized carbons (Fsp3) is 0.0952. The van der Waals surface area contributed by atoms with Crippen molar-refractivity contribution >= 4 is 26.9 Å². The second kappa shape index (κ2) is 8.65. The van der Waals surface area contributed by atoms with Gasteiger partial charge in [-0.3, -0.25) is 4.72 Å². The predicted molar refractivity (Wildman–Crippen MR) is 117 cm³/mol. The molecule has 2 aromatic carbocycles. The van der Waals surface area contributed by atoms with E-state index < -0.39 is 15.8 Å². The van der Waals surface area contributed by atoms with Crippen molar-refractivity contribution in [1.82, 2.24) is 14.7 Å². The van der Waals surface area contributed by atoms with Gasteiger partial charge in [0, 0.05) is 31.9 Å². The fourth-order valence-electron chi connectivity index (χ4n) is 3.02. The van der Waals surface area contributed by atoms with Crippen LogP contribution in [0.1, 0.15) is 11.1 Å². The quantitative estimate of drug-likeness (QED) is 0.362. The third kappa shape index (κ3) is 4.68. The molecular weight excluding hydrogens is 436 g/mol. The Morgan fingerprint density at radius 1 is 1.09 bits per heavy atom. The van der Waals surface area contributed by atoms with Crippen molar-refractivity contribution in [3.05, 3.63) is 82.5 Å². The molecule has 0 saturated heterocycles. The van der Waals surface area contributed by atoms with E-state index in [1.165, 1.54) is 25.5 Å². The first-order chi connectivity index (χ1) is 15.3. The van der Waals surface area contributed by atoms with Crippen LogP contribution in [0.5, 0.6) is 17.5 Å². The minimum atomic E-state index is -3.68. The first-order valence-corrected chi connectivity index (χ1v) is 10.9. The maximum atomic E-state index is 12.6. The Morgan fingerprint density at radius 2 is 1.88 bits per heavy atom. The van der Waals surface area contributed by atoms with Gasteiger partial charge >= 0.3 is 11.6 Å². The number of rotatable bonds is 7. The van der Waals surface area contributed by atoms with Crippen LogP contribution in [0.3, 0.4) is 0 Å². The standard InChI is InChI=1S/C21H18N4O6S/c1-22-32(28,29)25-14-5-2-4-13(10-14)11-17-19(26)16-7-6-15(12-18(16)31-20(17)27)30-21-23-8-3-9-24-21/h2-10,12,22,25-26H,11H2,1H3. The Hall–Kier alpha value is -3.96. The monoisotopic (exact) mass is 454 g/mol. The fourth-order valence-corrected chi connectivity index (χ4v) is 3.56. The molecule has 2 heterocycles. The van der Waals surface area contributed by atoms with Crippen LogP contribution in [0.15, 0.2) is 70.1 Å². The molecule has 0 aliphatic rings. The summed E-state index contributed by atoms with van der Waals surface area (Å²) in [5, 5.41) is 11.0. The van der Waals surface area contributed by atoms with Crippen LogP contribution in [0.4, 0.5) is 5.69 Å². The van der Waals surface area contributed by atoms with Gasteiger partial charge in [-0.15, -0.1) is 0 Å². The van der Waals surface area contributed by atoms with E-state index in [1.807, 2.05) is 0 Å². The molecule has 0 unspecified atom stereocenters. The first-order valence-electron chi connectivity index (χ1n) is 9.38. The van der Waals surface area contributed by atoms with E-state index in [0.29, 0.717) is 22.4 Å². The molecule has 32 heavy (non-hydrogen) atoms. The van der Waals surface area contributed by atoms with Crippen LogP contribution in [0.25, 0.3) is 11.0 Å². The summed E-state index contributed by atoms with van der Waals surface area (Å²) < 4.78 is 38.8. The van der Waals surface area contributed by atoms with Gasteiger partial charge in [0.05, 0.1) is 16.6 Å². The molecule has 0 radical (unpaired) electrons. The van der Waals surface area contributed by atoms with E-state index in [4.69, 9.17) is 9.15 Å².